The Morgan fingerprint density at radius 2 is 1.80 bits per heavy atom. The molecule has 0 radical (unpaired) electrons. The second kappa shape index (κ2) is 6.78. The first kappa shape index (κ1) is 14.9. The number of nitrogens with one attached hydrogen (secondary N) is 1. The molecular weight excluding hydrogens is 268 g/mol. The van der Waals surface area contributed by atoms with Crippen LogP contribution >= 0.6 is 11.6 Å². The van der Waals surface area contributed by atoms with Gasteiger partial charge in [-0.2, -0.15) is 0 Å². The summed E-state index contributed by atoms with van der Waals surface area (Å²) in [7, 11) is 4.03. The topological polar surface area (TPSA) is 15.3 Å². The van der Waals surface area contributed by atoms with E-state index in [1.807, 2.05) is 19.2 Å². The average Bonchev–Trinajstić information content (AvgIpc) is 2.48. The Kier molecular flexibility index (Phi) is 5.05. The van der Waals surface area contributed by atoms with Crippen molar-refractivity contribution in [2.45, 2.75) is 19.9 Å². The Balaban J connectivity index is 2.35. The molecule has 0 aliphatic rings. The van der Waals surface area contributed by atoms with Crippen LogP contribution in [-0.2, 0) is 13.0 Å². The zero-order valence-corrected chi connectivity index (χ0v) is 13.0. The molecule has 0 atom stereocenters. The van der Waals surface area contributed by atoms with E-state index in [9.17, 15) is 0 Å². The van der Waals surface area contributed by atoms with Crippen LogP contribution in [0.25, 0.3) is 0 Å². The van der Waals surface area contributed by atoms with Gasteiger partial charge in [-0.3, -0.25) is 0 Å². The van der Waals surface area contributed by atoms with Gasteiger partial charge in [-0.15, -0.1) is 0 Å². The Morgan fingerprint density at radius 1 is 1.10 bits per heavy atom. The zero-order valence-electron chi connectivity index (χ0n) is 12.3. The highest BCUT2D eigenvalue weighted by Crippen LogP contribution is 2.30. The Hall–Kier alpha value is -1.51. The maximum Gasteiger partial charge on any atom is 0.0468 e. The molecule has 0 aliphatic heterocycles. The molecule has 2 rings (SSSR count). The zero-order chi connectivity index (χ0) is 14.5. The average molecular weight is 289 g/mol. The summed E-state index contributed by atoms with van der Waals surface area (Å²) in [4.78, 5) is 2.18. The van der Waals surface area contributed by atoms with E-state index in [2.05, 4.69) is 54.5 Å². The summed E-state index contributed by atoms with van der Waals surface area (Å²) in [6.45, 7) is 2.99. The van der Waals surface area contributed by atoms with Gasteiger partial charge in [0.1, 0.15) is 0 Å². The van der Waals surface area contributed by atoms with Gasteiger partial charge >= 0.3 is 0 Å². The molecule has 1 N–H and O–H groups in total. The molecule has 0 amide bonds. The van der Waals surface area contributed by atoms with E-state index in [1.165, 1.54) is 16.8 Å². The van der Waals surface area contributed by atoms with Crippen molar-refractivity contribution >= 4 is 23.0 Å². The van der Waals surface area contributed by atoms with Crippen LogP contribution in [0.4, 0.5) is 11.4 Å². The molecule has 0 aliphatic carbocycles. The smallest absolute Gasteiger partial charge is 0.0468 e. The third kappa shape index (κ3) is 3.33. The van der Waals surface area contributed by atoms with E-state index in [-0.39, 0.29) is 0 Å². The van der Waals surface area contributed by atoms with Crippen LogP contribution in [-0.4, -0.2) is 14.1 Å². The number of rotatable bonds is 5. The van der Waals surface area contributed by atoms with Crippen molar-refractivity contribution in [3.8, 4) is 0 Å². The Labute approximate surface area is 126 Å². The highest BCUT2D eigenvalue weighted by atomic mass is 35.5. The van der Waals surface area contributed by atoms with Crippen molar-refractivity contribution in [1.29, 1.82) is 0 Å². The molecule has 0 aromatic heterocycles. The minimum atomic E-state index is 0.761. The third-order valence-electron chi connectivity index (χ3n) is 3.51. The van der Waals surface area contributed by atoms with Gasteiger partial charge in [0.15, 0.2) is 0 Å². The summed E-state index contributed by atoms with van der Waals surface area (Å²) in [5.74, 6) is 0. The summed E-state index contributed by atoms with van der Waals surface area (Å²) >= 11 is 6.15. The highest BCUT2D eigenvalue weighted by Gasteiger charge is 2.09. The van der Waals surface area contributed by atoms with Gasteiger partial charge in [0.05, 0.1) is 0 Å². The number of benzene rings is 2. The van der Waals surface area contributed by atoms with Crippen molar-refractivity contribution in [1.82, 2.24) is 5.32 Å². The molecule has 3 heteroatoms. The minimum absolute atomic E-state index is 0.761. The van der Waals surface area contributed by atoms with Gasteiger partial charge in [-0.25, -0.2) is 0 Å². The van der Waals surface area contributed by atoms with E-state index in [1.54, 1.807) is 0 Å². The number of hydrogen-bond acceptors (Lipinski definition) is 2. The summed E-state index contributed by atoms with van der Waals surface area (Å²) in [5.41, 5.74) is 4.89. The van der Waals surface area contributed by atoms with Gasteiger partial charge in [0.25, 0.3) is 0 Å². The summed E-state index contributed by atoms with van der Waals surface area (Å²) in [6, 6.07) is 14.7. The molecule has 2 aromatic rings. The second-order valence-electron chi connectivity index (χ2n) is 4.88. The maximum absolute atomic E-state index is 6.15. The van der Waals surface area contributed by atoms with Crippen molar-refractivity contribution in [3.63, 3.8) is 0 Å². The molecule has 106 valence electrons. The fraction of sp³-hybridized carbons (Fsp3) is 0.294. The summed E-state index contributed by atoms with van der Waals surface area (Å²) in [5, 5.41) is 3.96. The van der Waals surface area contributed by atoms with Gasteiger partial charge < -0.3 is 10.2 Å². The van der Waals surface area contributed by atoms with Gasteiger partial charge in [0.2, 0.25) is 0 Å². The van der Waals surface area contributed by atoms with Gasteiger partial charge in [-0.05, 0) is 48.9 Å². The minimum Gasteiger partial charge on any atom is -0.344 e. The second-order valence-corrected chi connectivity index (χ2v) is 5.32. The molecule has 0 spiro atoms. The largest absolute Gasteiger partial charge is 0.344 e. The van der Waals surface area contributed by atoms with Gasteiger partial charge in [0, 0.05) is 30.0 Å². The van der Waals surface area contributed by atoms with Crippen LogP contribution < -0.4 is 10.2 Å². The standard InChI is InChI=1S/C17H21ClN2/c1-4-13-5-9-16(10-6-13)20(3)17-11-15(18)8-7-14(17)12-19-2/h5-11,19H,4,12H2,1-3H3. The highest BCUT2D eigenvalue weighted by molar-refractivity contribution is 6.30. The van der Waals surface area contributed by atoms with E-state index in [0.717, 1.165) is 23.7 Å². The molecule has 0 saturated carbocycles. The van der Waals surface area contributed by atoms with Crippen molar-refractivity contribution in [2.75, 3.05) is 19.0 Å². The van der Waals surface area contributed by atoms with E-state index < -0.39 is 0 Å². The first-order chi connectivity index (χ1) is 9.65. The lowest BCUT2D eigenvalue weighted by atomic mass is 10.1. The van der Waals surface area contributed by atoms with Gasteiger partial charge in [-0.1, -0.05) is 36.7 Å². The van der Waals surface area contributed by atoms with Crippen molar-refractivity contribution in [2.24, 2.45) is 0 Å². The fourth-order valence-corrected chi connectivity index (χ4v) is 2.45. The van der Waals surface area contributed by atoms with Crippen LogP contribution in [0.15, 0.2) is 42.5 Å². The normalized spacial score (nSPS) is 10.6. The van der Waals surface area contributed by atoms with E-state index in [0.29, 0.717) is 0 Å². The number of aryl methyl sites for hydroxylation is 1. The van der Waals surface area contributed by atoms with E-state index in [4.69, 9.17) is 11.6 Å². The quantitative estimate of drug-likeness (QED) is 0.878. The number of halogens is 1. The predicted molar refractivity (Wildman–Crippen MR) is 88.1 cm³/mol. The lowest BCUT2D eigenvalue weighted by molar-refractivity contribution is 0.816. The predicted octanol–water partition coefficient (Wildman–Crippen LogP) is 4.39. The van der Waals surface area contributed by atoms with Crippen LogP contribution in [0.1, 0.15) is 18.1 Å². The molecule has 2 nitrogen and oxygen atoms in total. The molecule has 0 unspecified atom stereocenters. The molecule has 0 heterocycles. The lowest BCUT2D eigenvalue weighted by Crippen LogP contribution is -2.15. The summed E-state index contributed by atoms with van der Waals surface area (Å²) < 4.78 is 0. The van der Waals surface area contributed by atoms with Crippen LogP contribution in [0.2, 0.25) is 5.02 Å². The van der Waals surface area contributed by atoms with Crippen molar-refractivity contribution < 1.29 is 0 Å². The third-order valence-corrected chi connectivity index (χ3v) is 3.74. The van der Waals surface area contributed by atoms with Crippen molar-refractivity contribution in [3.05, 3.63) is 58.6 Å². The molecule has 0 fully saturated rings. The SMILES string of the molecule is CCc1ccc(N(C)c2cc(Cl)ccc2CNC)cc1. The van der Waals surface area contributed by atoms with Crippen LogP contribution in [0.3, 0.4) is 0 Å². The number of anilines is 2. The maximum atomic E-state index is 6.15. The fourth-order valence-electron chi connectivity index (χ4n) is 2.28. The van der Waals surface area contributed by atoms with Crippen LogP contribution in [0.5, 0.6) is 0 Å². The monoisotopic (exact) mass is 288 g/mol. The first-order valence-electron chi connectivity index (χ1n) is 6.91. The van der Waals surface area contributed by atoms with E-state index >= 15 is 0 Å². The van der Waals surface area contributed by atoms with Crippen LogP contribution in [0, 0.1) is 0 Å². The molecule has 0 saturated heterocycles. The lowest BCUT2D eigenvalue weighted by Gasteiger charge is -2.23. The first-order valence-corrected chi connectivity index (χ1v) is 7.29. The summed E-state index contributed by atoms with van der Waals surface area (Å²) in [6.07, 6.45) is 1.06. The molecule has 2 aromatic carbocycles. The molecular formula is C17H21ClN2. The Morgan fingerprint density at radius 3 is 2.40 bits per heavy atom. The molecule has 0 bridgehead atoms. The molecule has 20 heavy (non-hydrogen) atoms. The Bertz CT molecular complexity index is 564. The number of nitrogens with zero attached hydrogens (tertiary/aromatic N) is 1. The number of hydrogen-bond donors (Lipinski definition) is 1.